The normalized spacial score (nSPS) is 16.0. The Labute approximate surface area is 193 Å². The third kappa shape index (κ3) is 7.55. The van der Waals surface area contributed by atoms with Crippen molar-refractivity contribution in [2.24, 2.45) is 11.8 Å². The number of hydrogen-bond acceptors (Lipinski definition) is 7. The second-order valence-electron chi connectivity index (χ2n) is 8.15. The summed E-state index contributed by atoms with van der Waals surface area (Å²) in [4.78, 5) is 12.6. The fourth-order valence-electron chi connectivity index (χ4n) is 3.39. The SMILES string of the molecule is CC(C)CSc1nnc(NC(=O)C2CCN(S(=O)(=O)CCCc3ccccc3)CC2)s1. The summed E-state index contributed by atoms with van der Waals surface area (Å²) >= 11 is 3.02. The van der Waals surface area contributed by atoms with E-state index in [4.69, 9.17) is 0 Å². The fraction of sp³-hybridized carbons (Fsp3) is 0.571. The quantitative estimate of drug-likeness (QED) is 0.408. The predicted molar refractivity (Wildman–Crippen MR) is 127 cm³/mol. The Morgan fingerprint density at radius 1 is 1.23 bits per heavy atom. The lowest BCUT2D eigenvalue weighted by molar-refractivity contribution is -0.120. The summed E-state index contributed by atoms with van der Waals surface area (Å²) in [7, 11) is -3.29. The number of aromatic nitrogens is 2. The zero-order valence-electron chi connectivity index (χ0n) is 18.0. The van der Waals surface area contributed by atoms with Crippen LogP contribution in [0.2, 0.25) is 0 Å². The van der Waals surface area contributed by atoms with E-state index in [1.807, 2.05) is 30.3 Å². The van der Waals surface area contributed by atoms with Crippen LogP contribution in [0.3, 0.4) is 0 Å². The number of carbonyl (C=O) groups is 1. The number of thioether (sulfide) groups is 1. The fourth-order valence-corrected chi connectivity index (χ4v) is 6.66. The molecule has 1 aliphatic rings. The lowest BCUT2D eigenvalue weighted by Gasteiger charge is -2.30. The van der Waals surface area contributed by atoms with Crippen molar-refractivity contribution >= 4 is 44.2 Å². The van der Waals surface area contributed by atoms with E-state index in [0.29, 0.717) is 43.4 Å². The molecule has 31 heavy (non-hydrogen) atoms. The average molecular weight is 483 g/mol. The molecular weight excluding hydrogens is 452 g/mol. The van der Waals surface area contributed by atoms with Crippen molar-refractivity contribution in [3.05, 3.63) is 35.9 Å². The van der Waals surface area contributed by atoms with Crippen LogP contribution < -0.4 is 5.32 Å². The van der Waals surface area contributed by atoms with Crippen LogP contribution >= 0.6 is 23.1 Å². The third-order valence-corrected chi connectivity index (χ3v) is 9.46. The number of aryl methyl sites for hydroxylation is 1. The third-order valence-electron chi connectivity index (χ3n) is 5.11. The number of anilines is 1. The van der Waals surface area contributed by atoms with Gasteiger partial charge < -0.3 is 5.32 Å². The highest BCUT2D eigenvalue weighted by Crippen LogP contribution is 2.28. The van der Waals surface area contributed by atoms with Crippen LogP contribution in [0.5, 0.6) is 0 Å². The number of nitrogens with one attached hydrogen (secondary N) is 1. The Morgan fingerprint density at radius 2 is 1.94 bits per heavy atom. The topological polar surface area (TPSA) is 92.3 Å². The minimum Gasteiger partial charge on any atom is -0.300 e. The molecule has 0 bridgehead atoms. The molecule has 0 aliphatic carbocycles. The van der Waals surface area contributed by atoms with Crippen molar-refractivity contribution in [3.63, 3.8) is 0 Å². The minimum absolute atomic E-state index is 0.0994. The Kier molecular flexibility index (Phi) is 8.88. The molecule has 10 heteroatoms. The number of amides is 1. The number of nitrogens with zero attached hydrogens (tertiary/aromatic N) is 3. The Morgan fingerprint density at radius 3 is 2.61 bits per heavy atom. The molecule has 1 aliphatic heterocycles. The number of piperidine rings is 1. The summed E-state index contributed by atoms with van der Waals surface area (Å²) < 4.78 is 27.7. The first kappa shape index (κ1) is 24.2. The van der Waals surface area contributed by atoms with E-state index in [9.17, 15) is 13.2 Å². The highest BCUT2D eigenvalue weighted by Gasteiger charge is 2.31. The van der Waals surface area contributed by atoms with Crippen LogP contribution in [0.15, 0.2) is 34.7 Å². The number of benzene rings is 1. The Hall–Kier alpha value is -1.49. The van der Waals surface area contributed by atoms with Crippen molar-refractivity contribution in [2.75, 3.05) is 29.9 Å². The molecular formula is C21H30N4O3S3. The smallest absolute Gasteiger partial charge is 0.229 e. The van der Waals surface area contributed by atoms with Crippen molar-refractivity contribution in [3.8, 4) is 0 Å². The molecule has 1 amide bonds. The molecule has 3 rings (SSSR count). The van der Waals surface area contributed by atoms with Gasteiger partial charge in [-0.05, 0) is 37.2 Å². The molecule has 0 radical (unpaired) electrons. The molecule has 2 aromatic rings. The molecule has 0 spiro atoms. The van der Waals surface area contributed by atoms with Crippen LogP contribution in [0.25, 0.3) is 0 Å². The number of carbonyl (C=O) groups excluding carboxylic acids is 1. The van der Waals surface area contributed by atoms with E-state index >= 15 is 0 Å². The summed E-state index contributed by atoms with van der Waals surface area (Å²) in [5.74, 6) is 1.36. The van der Waals surface area contributed by atoms with Crippen LogP contribution in [0.4, 0.5) is 5.13 Å². The Bertz CT molecular complexity index is 940. The maximum atomic E-state index is 12.7. The monoisotopic (exact) mass is 482 g/mol. The summed E-state index contributed by atoms with van der Waals surface area (Å²) in [5, 5.41) is 11.5. The Balaban J connectivity index is 1.42. The zero-order valence-corrected chi connectivity index (χ0v) is 20.4. The summed E-state index contributed by atoms with van der Waals surface area (Å²) in [6, 6.07) is 9.91. The van der Waals surface area contributed by atoms with E-state index in [-0.39, 0.29) is 17.6 Å². The van der Waals surface area contributed by atoms with Gasteiger partial charge in [0.25, 0.3) is 0 Å². The summed E-state index contributed by atoms with van der Waals surface area (Å²) in [6.45, 7) is 5.06. The standard InChI is InChI=1S/C21H30N4O3S3/c1-16(2)15-29-21-24-23-20(30-21)22-19(26)18-10-12-25(13-11-18)31(27,28)14-6-9-17-7-4-3-5-8-17/h3-5,7-8,16,18H,6,9-15H2,1-2H3,(H,22,23,26). The first-order valence-electron chi connectivity index (χ1n) is 10.6. The van der Waals surface area contributed by atoms with Gasteiger partial charge in [0.05, 0.1) is 5.75 Å². The van der Waals surface area contributed by atoms with Gasteiger partial charge in [0.15, 0.2) is 4.34 Å². The van der Waals surface area contributed by atoms with E-state index in [1.165, 1.54) is 15.6 Å². The van der Waals surface area contributed by atoms with E-state index in [0.717, 1.165) is 22.1 Å². The molecule has 1 aromatic heterocycles. The van der Waals surface area contributed by atoms with Gasteiger partial charge in [-0.1, -0.05) is 67.3 Å². The maximum Gasteiger partial charge on any atom is 0.229 e. The van der Waals surface area contributed by atoms with Crippen molar-refractivity contribution in [2.45, 2.75) is 43.9 Å². The molecule has 2 heterocycles. The van der Waals surface area contributed by atoms with E-state index in [2.05, 4.69) is 29.4 Å². The first-order valence-corrected chi connectivity index (χ1v) is 14.0. The van der Waals surface area contributed by atoms with Crippen LogP contribution in [0.1, 0.15) is 38.7 Å². The number of rotatable bonds is 10. The lowest BCUT2D eigenvalue weighted by Crippen LogP contribution is -2.42. The molecule has 170 valence electrons. The van der Waals surface area contributed by atoms with Crippen molar-refractivity contribution in [1.29, 1.82) is 0 Å². The lowest BCUT2D eigenvalue weighted by atomic mass is 9.97. The van der Waals surface area contributed by atoms with Crippen LogP contribution in [0, 0.1) is 11.8 Å². The zero-order chi connectivity index (χ0) is 22.3. The van der Waals surface area contributed by atoms with Gasteiger partial charge in [-0.25, -0.2) is 12.7 Å². The second kappa shape index (κ2) is 11.4. The average Bonchev–Trinajstić information content (AvgIpc) is 3.20. The molecule has 0 atom stereocenters. The van der Waals surface area contributed by atoms with Gasteiger partial charge in [0.2, 0.25) is 21.1 Å². The molecule has 1 N–H and O–H groups in total. The molecule has 0 saturated carbocycles. The van der Waals surface area contributed by atoms with Gasteiger partial charge >= 0.3 is 0 Å². The number of sulfonamides is 1. The highest BCUT2D eigenvalue weighted by molar-refractivity contribution is 8.01. The number of hydrogen-bond donors (Lipinski definition) is 1. The first-order chi connectivity index (χ1) is 14.8. The predicted octanol–water partition coefficient (Wildman–Crippen LogP) is 3.90. The molecule has 0 unspecified atom stereocenters. The van der Waals surface area contributed by atoms with Gasteiger partial charge in [0, 0.05) is 24.8 Å². The minimum atomic E-state index is -3.29. The highest BCUT2D eigenvalue weighted by atomic mass is 32.2. The van der Waals surface area contributed by atoms with Crippen LogP contribution in [-0.2, 0) is 21.2 Å². The molecule has 1 saturated heterocycles. The maximum absolute atomic E-state index is 12.7. The van der Waals surface area contributed by atoms with Gasteiger partial charge in [-0.3, -0.25) is 4.79 Å². The molecule has 1 fully saturated rings. The van der Waals surface area contributed by atoms with Crippen molar-refractivity contribution in [1.82, 2.24) is 14.5 Å². The largest absolute Gasteiger partial charge is 0.300 e. The van der Waals surface area contributed by atoms with Crippen molar-refractivity contribution < 1.29 is 13.2 Å². The van der Waals surface area contributed by atoms with E-state index < -0.39 is 10.0 Å². The van der Waals surface area contributed by atoms with Crippen LogP contribution in [-0.4, -0.2) is 53.4 Å². The van der Waals surface area contributed by atoms with Gasteiger partial charge in [0.1, 0.15) is 0 Å². The second-order valence-corrected chi connectivity index (χ2v) is 12.5. The summed E-state index contributed by atoms with van der Waals surface area (Å²) in [6.07, 6.45) is 2.40. The molecule has 1 aromatic carbocycles. The van der Waals surface area contributed by atoms with Gasteiger partial charge in [-0.15, -0.1) is 10.2 Å². The van der Waals surface area contributed by atoms with Gasteiger partial charge in [-0.2, -0.15) is 0 Å². The van der Waals surface area contributed by atoms with E-state index in [1.54, 1.807) is 11.8 Å². The molecule has 7 nitrogen and oxygen atoms in total. The summed E-state index contributed by atoms with van der Waals surface area (Å²) in [5.41, 5.74) is 1.15.